The summed E-state index contributed by atoms with van der Waals surface area (Å²) in [5.74, 6) is 0.0563. The summed E-state index contributed by atoms with van der Waals surface area (Å²) in [6, 6.07) is 10.5. The van der Waals surface area contributed by atoms with E-state index in [9.17, 15) is 10.2 Å². The van der Waals surface area contributed by atoms with Crippen LogP contribution < -0.4 is 0 Å². The summed E-state index contributed by atoms with van der Waals surface area (Å²) in [5, 5.41) is 21.2. The van der Waals surface area contributed by atoms with Crippen LogP contribution in [0.5, 0.6) is 5.75 Å². The minimum Gasteiger partial charge on any atom is -0.508 e. The van der Waals surface area contributed by atoms with Crippen LogP contribution in [-0.4, -0.2) is 15.2 Å². The molecule has 1 aromatic carbocycles. The molecule has 0 aliphatic heterocycles. The third-order valence-corrected chi connectivity index (χ3v) is 3.28. The van der Waals surface area contributed by atoms with Gasteiger partial charge in [-0.05, 0) is 37.1 Å². The Kier molecular flexibility index (Phi) is 4.20. The Bertz CT molecular complexity index is 574. The first-order chi connectivity index (χ1) is 9.59. The Morgan fingerprint density at radius 2 is 1.95 bits per heavy atom. The molecule has 0 aliphatic rings. The third-order valence-electron chi connectivity index (χ3n) is 3.28. The quantitative estimate of drug-likeness (QED) is 0.837. The molecule has 0 amide bonds. The summed E-state index contributed by atoms with van der Waals surface area (Å²) < 4.78 is 0. The molecule has 104 valence electrons. The molecular weight excluding hydrogens is 250 g/mol. The second-order valence-electron chi connectivity index (χ2n) is 4.76. The van der Waals surface area contributed by atoms with Crippen LogP contribution in [0.3, 0.4) is 0 Å². The zero-order valence-corrected chi connectivity index (χ0v) is 11.7. The highest BCUT2D eigenvalue weighted by molar-refractivity contribution is 5.47. The smallest absolute Gasteiger partial charge is 0.154 e. The Balaban J connectivity index is 2.66. The number of hydrogen-bond acceptors (Lipinski definition) is 3. The van der Waals surface area contributed by atoms with Crippen LogP contribution in [-0.2, 0) is 5.60 Å². The van der Waals surface area contributed by atoms with Crippen LogP contribution in [0.1, 0.15) is 30.2 Å². The number of benzene rings is 1. The van der Waals surface area contributed by atoms with Crippen LogP contribution in [0, 0.1) is 6.92 Å². The summed E-state index contributed by atoms with van der Waals surface area (Å²) in [6.07, 6.45) is 6.01. The number of para-hydroxylation sites is 1. The zero-order valence-electron chi connectivity index (χ0n) is 11.7. The largest absolute Gasteiger partial charge is 0.508 e. The molecule has 1 atom stereocenters. The first-order valence-corrected chi connectivity index (χ1v) is 6.70. The normalized spacial score (nSPS) is 14.3. The average molecular weight is 269 g/mol. The molecule has 0 bridgehead atoms. The van der Waals surface area contributed by atoms with Gasteiger partial charge in [-0.15, -0.1) is 0 Å². The molecule has 0 fully saturated rings. The molecule has 3 heteroatoms. The van der Waals surface area contributed by atoms with E-state index < -0.39 is 5.60 Å². The molecule has 1 heterocycles. The number of aromatic nitrogens is 1. The van der Waals surface area contributed by atoms with Crippen LogP contribution in [0.4, 0.5) is 0 Å². The van der Waals surface area contributed by atoms with Crippen molar-refractivity contribution in [2.45, 2.75) is 25.9 Å². The van der Waals surface area contributed by atoms with E-state index in [-0.39, 0.29) is 5.75 Å². The van der Waals surface area contributed by atoms with Crippen molar-refractivity contribution in [1.29, 1.82) is 0 Å². The van der Waals surface area contributed by atoms with Crippen molar-refractivity contribution in [1.82, 2.24) is 4.98 Å². The highest BCUT2D eigenvalue weighted by Crippen LogP contribution is 2.36. The number of nitrogens with zero attached hydrogens (tertiary/aromatic N) is 1. The Hall–Kier alpha value is -2.13. The van der Waals surface area contributed by atoms with Gasteiger partial charge >= 0.3 is 0 Å². The number of allylic oxidation sites excluding steroid dienone is 1. The summed E-state index contributed by atoms with van der Waals surface area (Å²) in [4.78, 5) is 4.31. The summed E-state index contributed by atoms with van der Waals surface area (Å²) in [5.41, 5.74) is 0.420. The van der Waals surface area contributed by atoms with E-state index in [1.165, 1.54) is 0 Å². The standard InChI is InChI=1S/C17H19NO2/c1-3-4-11-17(20,14-9-5-6-10-15(14)19)16-13(2)8-7-12-18-16/h4-12,19-20H,3H2,1-2H3/b11-4+. The predicted molar refractivity (Wildman–Crippen MR) is 79.5 cm³/mol. The molecule has 1 unspecified atom stereocenters. The van der Waals surface area contributed by atoms with Gasteiger partial charge in [0.25, 0.3) is 0 Å². The molecule has 2 rings (SSSR count). The van der Waals surface area contributed by atoms with Gasteiger partial charge in [-0.1, -0.05) is 37.3 Å². The van der Waals surface area contributed by atoms with Crippen LogP contribution in [0.25, 0.3) is 0 Å². The van der Waals surface area contributed by atoms with Crippen LogP contribution in [0.2, 0.25) is 0 Å². The number of aromatic hydroxyl groups is 1. The highest BCUT2D eigenvalue weighted by atomic mass is 16.3. The van der Waals surface area contributed by atoms with Gasteiger partial charge in [-0.25, -0.2) is 0 Å². The lowest BCUT2D eigenvalue weighted by Crippen LogP contribution is -2.27. The van der Waals surface area contributed by atoms with Crippen molar-refractivity contribution < 1.29 is 10.2 Å². The number of phenols is 1. The maximum atomic E-state index is 11.1. The summed E-state index contributed by atoms with van der Waals surface area (Å²) in [6.45, 7) is 3.89. The fourth-order valence-electron chi connectivity index (χ4n) is 2.27. The Morgan fingerprint density at radius 3 is 2.60 bits per heavy atom. The van der Waals surface area contributed by atoms with Gasteiger partial charge in [-0.3, -0.25) is 4.98 Å². The van der Waals surface area contributed by atoms with E-state index in [1.54, 1.807) is 36.5 Å². The minimum atomic E-state index is -1.42. The lowest BCUT2D eigenvalue weighted by atomic mass is 9.86. The van der Waals surface area contributed by atoms with Crippen LogP contribution in [0.15, 0.2) is 54.7 Å². The molecule has 1 aromatic heterocycles. The van der Waals surface area contributed by atoms with Crippen molar-refractivity contribution in [2.24, 2.45) is 0 Å². The number of aliphatic hydroxyl groups is 1. The predicted octanol–water partition coefficient (Wildman–Crippen LogP) is 3.30. The average Bonchev–Trinajstić information content (AvgIpc) is 2.46. The van der Waals surface area contributed by atoms with Crippen molar-refractivity contribution in [2.75, 3.05) is 0 Å². The lowest BCUT2D eigenvalue weighted by Gasteiger charge is -2.27. The van der Waals surface area contributed by atoms with Crippen molar-refractivity contribution >= 4 is 0 Å². The van der Waals surface area contributed by atoms with Gasteiger partial charge in [0.2, 0.25) is 0 Å². The fraction of sp³-hybridized carbons (Fsp3) is 0.235. The molecule has 0 saturated heterocycles. The molecule has 2 aromatic rings. The van der Waals surface area contributed by atoms with Crippen molar-refractivity contribution in [3.63, 3.8) is 0 Å². The number of rotatable bonds is 4. The van der Waals surface area contributed by atoms with Crippen molar-refractivity contribution in [3.8, 4) is 5.75 Å². The molecule has 0 aliphatic carbocycles. The third kappa shape index (κ3) is 2.58. The second kappa shape index (κ2) is 5.88. The second-order valence-corrected chi connectivity index (χ2v) is 4.76. The zero-order chi connectivity index (χ0) is 14.6. The Labute approximate surface area is 119 Å². The van der Waals surface area contributed by atoms with E-state index in [0.717, 1.165) is 12.0 Å². The molecular formula is C17H19NO2. The molecule has 3 nitrogen and oxygen atoms in total. The summed E-state index contributed by atoms with van der Waals surface area (Å²) in [7, 11) is 0. The lowest BCUT2D eigenvalue weighted by molar-refractivity contribution is 0.125. The Morgan fingerprint density at radius 1 is 1.20 bits per heavy atom. The maximum absolute atomic E-state index is 11.1. The molecule has 0 saturated carbocycles. The van der Waals surface area contributed by atoms with E-state index in [1.807, 2.05) is 32.1 Å². The molecule has 0 spiro atoms. The van der Waals surface area contributed by atoms with Gasteiger partial charge in [0.05, 0.1) is 5.69 Å². The highest BCUT2D eigenvalue weighted by Gasteiger charge is 2.33. The van der Waals surface area contributed by atoms with Gasteiger partial charge in [0.15, 0.2) is 5.60 Å². The minimum absolute atomic E-state index is 0.0563. The fourth-order valence-corrected chi connectivity index (χ4v) is 2.27. The van der Waals surface area contributed by atoms with E-state index >= 15 is 0 Å². The first kappa shape index (κ1) is 14.3. The SMILES string of the molecule is CC/C=C/C(O)(c1ccccc1O)c1ncccc1C. The monoisotopic (exact) mass is 269 g/mol. The van der Waals surface area contributed by atoms with E-state index in [2.05, 4.69) is 4.98 Å². The van der Waals surface area contributed by atoms with Gasteiger partial charge in [0.1, 0.15) is 5.75 Å². The van der Waals surface area contributed by atoms with Crippen LogP contribution >= 0.6 is 0 Å². The van der Waals surface area contributed by atoms with E-state index in [0.29, 0.717) is 11.3 Å². The molecule has 20 heavy (non-hydrogen) atoms. The number of phenolic OH excluding ortho intramolecular Hbond substituents is 1. The number of aryl methyl sites for hydroxylation is 1. The molecule has 0 radical (unpaired) electrons. The topological polar surface area (TPSA) is 53.4 Å². The van der Waals surface area contributed by atoms with Crippen molar-refractivity contribution in [3.05, 3.63) is 71.6 Å². The first-order valence-electron chi connectivity index (χ1n) is 6.70. The maximum Gasteiger partial charge on any atom is 0.154 e. The summed E-state index contributed by atoms with van der Waals surface area (Å²) >= 11 is 0. The molecule has 2 N–H and O–H groups in total. The van der Waals surface area contributed by atoms with Gasteiger partial charge < -0.3 is 10.2 Å². The van der Waals surface area contributed by atoms with Gasteiger partial charge in [-0.2, -0.15) is 0 Å². The van der Waals surface area contributed by atoms with E-state index in [4.69, 9.17) is 0 Å². The number of hydrogen-bond donors (Lipinski definition) is 2. The number of pyridine rings is 1. The van der Waals surface area contributed by atoms with Gasteiger partial charge in [0, 0.05) is 11.8 Å².